The molecule has 4 rings (SSSR count). The first-order chi connectivity index (χ1) is 16.2. The van der Waals surface area contributed by atoms with E-state index >= 15 is 0 Å². The van der Waals surface area contributed by atoms with Gasteiger partial charge in [-0.25, -0.2) is 0 Å². The van der Waals surface area contributed by atoms with Crippen LogP contribution in [0.15, 0.2) is 46.6 Å². The van der Waals surface area contributed by atoms with Crippen LogP contribution in [0.5, 0.6) is 11.5 Å². The quantitative estimate of drug-likeness (QED) is 0.243. The van der Waals surface area contributed by atoms with Crippen molar-refractivity contribution in [2.45, 2.75) is 13.8 Å². The van der Waals surface area contributed by atoms with Crippen LogP contribution < -0.4 is 10.2 Å². The van der Waals surface area contributed by atoms with Crippen LogP contribution in [-0.2, 0) is 21.1 Å². The van der Waals surface area contributed by atoms with E-state index < -0.39 is 0 Å². The Kier molecular flexibility index (Phi) is 10.5. The van der Waals surface area contributed by atoms with Crippen LogP contribution in [0.25, 0.3) is 0 Å². The number of aryl methyl sites for hydroxylation is 2. The fourth-order valence-electron chi connectivity index (χ4n) is 2.49. The first-order valence-corrected chi connectivity index (χ1v) is 11.0. The van der Waals surface area contributed by atoms with Gasteiger partial charge < -0.3 is 10.2 Å². The molecule has 15 heteroatoms. The summed E-state index contributed by atoms with van der Waals surface area (Å²) in [6, 6.07) is 8.96. The van der Waals surface area contributed by atoms with Crippen molar-refractivity contribution in [3.8, 4) is 11.5 Å². The van der Waals surface area contributed by atoms with Crippen molar-refractivity contribution in [3.63, 3.8) is 0 Å². The number of rotatable bonds is 4. The Morgan fingerprint density at radius 2 is 1.17 bits per heavy atom. The van der Waals surface area contributed by atoms with Crippen molar-refractivity contribution in [3.05, 3.63) is 78.8 Å². The van der Waals surface area contributed by atoms with E-state index in [2.05, 4.69) is 30.6 Å². The minimum Gasteiger partial charge on any atom is -0.872 e. The van der Waals surface area contributed by atoms with Gasteiger partial charge in [0.15, 0.2) is 0 Å². The van der Waals surface area contributed by atoms with Crippen molar-refractivity contribution >= 4 is 60.1 Å². The van der Waals surface area contributed by atoms with Crippen molar-refractivity contribution in [2.24, 2.45) is 10.2 Å². The number of H-pyrrole nitrogens is 2. The van der Waals surface area contributed by atoms with E-state index in [0.29, 0.717) is 42.4 Å². The van der Waals surface area contributed by atoms with Gasteiger partial charge in [-0.1, -0.05) is 46.8 Å². The normalized spacial score (nSPS) is 10.9. The third-order valence-electron chi connectivity index (χ3n) is 4.19. The maximum Gasteiger partial charge on any atom is 2.00 e. The molecule has 0 saturated heterocycles. The molecule has 10 nitrogen and oxygen atoms in total. The number of aromatic amines is 2. The summed E-state index contributed by atoms with van der Waals surface area (Å²) in [5.74, 6) is 0.929. The van der Waals surface area contributed by atoms with Gasteiger partial charge in [-0.2, -0.15) is 29.8 Å². The van der Waals surface area contributed by atoms with Gasteiger partial charge in [0.05, 0.1) is 12.4 Å². The SMILES string of the molecule is Cc1n[nH]c(=S)n1/N=C/c1cc(Cl)ccc1[O-].Cc1n[nH]c(=S)n1/N=C/c1cc(Cl)ccc1[O-].[Pt+2]. The first-order valence-electron chi connectivity index (χ1n) is 9.45. The number of nitrogens with zero attached hydrogens (tertiary/aromatic N) is 6. The van der Waals surface area contributed by atoms with Crippen molar-refractivity contribution in [2.75, 3.05) is 0 Å². The zero-order valence-corrected chi connectivity index (χ0v) is 23.4. The molecule has 2 aromatic carbocycles. The van der Waals surface area contributed by atoms with Crippen molar-refractivity contribution in [1.29, 1.82) is 0 Å². The molecule has 0 aliphatic heterocycles. The van der Waals surface area contributed by atoms with E-state index in [1.807, 2.05) is 0 Å². The van der Waals surface area contributed by atoms with Crippen LogP contribution in [0, 0.1) is 23.4 Å². The van der Waals surface area contributed by atoms with E-state index in [-0.39, 0.29) is 32.6 Å². The van der Waals surface area contributed by atoms with E-state index in [0.717, 1.165) is 0 Å². The van der Waals surface area contributed by atoms with Crippen LogP contribution in [0.2, 0.25) is 10.0 Å². The molecule has 2 heterocycles. The monoisotopic (exact) mass is 729 g/mol. The van der Waals surface area contributed by atoms with Crippen LogP contribution >= 0.6 is 47.6 Å². The van der Waals surface area contributed by atoms with Crippen LogP contribution in [0.4, 0.5) is 0 Å². The van der Waals surface area contributed by atoms with E-state index in [4.69, 9.17) is 47.6 Å². The number of nitrogens with one attached hydrogen (secondary N) is 2. The Bertz CT molecular complexity index is 1380. The zero-order valence-electron chi connectivity index (χ0n) is 18.0. The summed E-state index contributed by atoms with van der Waals surface area (Å²) < 4.78 is 3.59. The third kappa shape index (κ3) is 7.68. The fourth-order valence-corrected chi connectivity index (χ4v) is 3.30. The standard InChI is InChI=1S/2C10H9ClN4OS.Pt/c2*1-6-13-14-10(17)15(6)12-5-7-4-8(11)2-3-9(7)16;/h2*2-5,16H,1H3,(H,14,17);/q;;+2/p-2/b2*12-5+;. The number of hydrogen-bond acceptors (Lipinski definition) is 8. The molecule has 0 bridgehead atoms. The number of aromatic nitrogens is 6. The summed E-state index contributed by atoms with van der Waals surface area (Å²) in [5, 5.41) is 45.1. The molecule has 0 spiro atoms. The smallest absolute Gasteiger partial charge is 0.872 e. The summed E-state index contributed by atoms with van der Waals surface area (Å²) in [7, 11) is 0. The summed E-state index contributed by atoms with van der Waals surface area (Å²) in [6.45, 7) is 3.50. The van der Waals surface area contributed by atoms with Gasteiger partial charge in [-0.05, 0) is 73.7 Å². The first kappa shape index (κ1) is 28.6. The molecule has 2 N–H and O–H groups in total. The molecule has 4 aromatic rings. The van der Waals surface area contributed by atoms with Gasteiger partial charge in [-0.3, -0.25) is 10.2 Å². The second-order valence-corrected chi connectivity index (χ2v) is 8.28. The Morgan fingerprint density at radius 1 is 0.800 bits per heavy atom. The second-order valence-electron chi connectivity index (χ2n) is 6.63. The zero-order chi connectivity index (χ0) is 24.8. The molecule has 0 amide bonds. The van der Waals surface area contributed by atoms with E-state index in [1.54, 1.807) is 26.0 Å². The summed E-state index contributed by atoms with van der Waals surface area (Å²) in [4.78, 5) is 0. The third-order valence-corrected chi connectivity index (χ3v) is 5.19. The second kappa shape index (κ2) is 12.9. The average Bonchev–Trinajstić information content (AvgIpc) is 3.30. The van der Waals surface area contributed by atoms with Crippen molar-refractivity contribution < 1.29 is 31.3 Å². The predicted molar refractivity (Wildman–Crippen MR) is 132 cm³/mol. The van der Waals surface area contributed by atoms with Gasteiger partial charge in [0, 0.05) is 10.0 Å². The molecule has 0 atom stereocenters. The molecule has 0 aliphatic rings. The molecule has 0 saturated carbocycles. The predicted octanol–water partition coefficient (Wildman–Crippen LogP) is 3.71. The van der Waals surface area contributed by atoms with Gasteiger partial charge >= 0.3 is 21.1 Å². The Morgan fingerprint density at radius 3 is 1.49 bits per heavy atom. The van der Waals surface area contributed by atoms with Gasteiger partial charge in [0.2, 0.25) is 9.54 Å². The summed E-state index contributed by atoms with van der Waals surface area (Å²) in [5.41, 5.74) is 0.806. The maximum absolute atomic E-state index is 11.5. The number of benzene rings is 2. The molecule has 184 valence electrons. The number of halogens is 2. The van der Waals surface area contributed by atoms with Gasteiger partial charge in [-0.15, -0.1) is 0 Å². The van der Waals surface area contributed by atoms with E-state index in [1.165, 1.54) is 46.0 Å². The molecule has 0 unspecified atom stereocenters. The van der Waals surface area contributed by atoms with Gasteiger partial charge in [0.25, 0.3) is 0 Å². The Hall–Kier alpha value is -2.63. The molecular weight excluding hydrogens is 714 g/mol. The summed E-state index contributed by atoms with van der Waals surface area (Å²) in [6.07, 6.45) is 2.82. The van der Waals surface area contributed by atoms with Crippen molar-refractivity contribution in [1.82, 2.24) is 29.7 Å². The molecular formula is C20H16Cl2N8O2PtS2. The molecule has 0 radical (unpaired) electrons. The average molecular weight is 731 g/mol. The number of hydrogen-bond donors (Lipinski definition) is 2. The van der Waals surface area contributed by atoms with Crippen LogP contribution in [0.3, 0.4) is 0 Å². The Labute approximate surface area is 234 Å². The molecule has 0 aliphatic carbocycles. The molecule has 2 aromatic heterocycles. The van der Waals surface area contributed by atoms with Crippen LogP contribution in [0.1, 0.15) is 22.8 Å². The topological polar surface area (TPSA) is 138 Å². The molecule has 0 fully saturated rings. The van der Waals surface area contributed by atoms with E-state index in [9.17, 15) is 10.2 Å². The molecule has 35 heavy (non-hydrogen) atoms. The van der Waals surface area contributed by atoms with Gasteiger partial charge in [0.1, 0.15) is 11.6 Å². The van der Waals surface area contributed by atoms with Crippen LogP contribution in [-0.4, -0.2) is 42.2 Å². The maximum atomic E-state index is 11.5. The minimum atomic E-state index is -0.147. The fraction of sp³-hybridized carbons (Fsp3) is 0.100. The summed E-state index contributed by atoms with van der Waals surface area (Å²) >= 11 is 21.5. The minimum absolute atomic E-state index is 0. The largest absolute Gasteiger partial charge is 2.00 e. The Balaban J connectivity index is 0.000000240.